The fraction of sp³-hybridized carbons (Fsp3) is 1.00. The Hall–Kier alpha value is -0.0700. The molecule has 2 aliphatic carbocycles. The van der Waals surface area contributed by atoms with E-state index in [-0.39, 0.29) is 0 Å². The summed E-state index contributed by atoms with van der Waals surface area (Å²) in [5, 5.41) is 0. The molecule has 0 heterocycles. The molecule has 0 saturated heterocycles. The molecule has 0 nitrogen and oxygen atoms in total. The lowest BCUT2D eigenvalue weighted by atomic mass is 9.81. The van der Waals surface area contributed by atoms with Gasteiger partial charge in [-0.3, -0.25) is 0 Å². The lowest BCUT2D eigenvalue weighted by Gasteiger charge is -2.28. The lowest BCUT2D eigenvalue weighted by molar-refractivity contribution is 0.139. The summed E-state index contributed by atoms with van der Waals surface area (Å²) in [6.45, 7) is 2.32. The van der Waals surface area contributed by atoms with Crippen LogP contribution in [0, 0.1) is 17.8 Å². The normalized spacial score (nSPS) is 37.4. The van der Waals surface area contributed by atoms with Gasteiger partial charge in [0, 0.05) is 0 Å². The van der Waals surface area contributed by atoms with Crippen LogP contribution >= 0.6 is 0 Å². The van der Waals surface area contributed by atoms with E-state index in [0.717, 1.165) is 37.5 Å². The molecule has 2 aliphatic rings. The molecule has 0 aliphatic heterocycles. The standard InChI is InChI=1S/C12H21F/c1-9(10-6-7-10)8-11-4-2-3-5-12(11)13/h9-12H,2-8H2,1H3. The molecular formula is C12H21F. The van der Waals surface area contributed by atoms with Crippen molar-refractivity contribution in [3.63, 3.8) is 0 Å². The van der Waals surface area contributed by atoms with Crippen molar-refractivity contribution in [2.45, 2.75) is 58.0 Å². The van der Waals surface area contributed by atoms with Crippen LogP contribution in [-0.2, 0) is 0 Å². The zero-order valence-corrected chi connectivity index (χ0v) is 8.64. The second-order valence-electron chi connectivity index (χ2n) is 5.11. The van der Waals surface area contributed by atoms with Crippen LogP contribution in [0.15, 0.2) is 0 Å². The number of alkyl halides is 1. The average Bonchev–Trinajstić information content (AvgIpc) is 2.91. The molecule has 2 fully saturated rings. The van der Waals surface area contributed by atoms with Gasteiger partial charge in [0.15, 0.2) is 0 Å². The largest absolute Gasteiger partial charge is 0.247 e. The van der Waals surface area contributed by atoms with Crippen molar-refractivity contribution < 1.29 is 4.39 Å². The van der Waals surface area contributed by atoms with E-state index in [1.165, 1.54) is 19.3 Å². The van der Waals surface area contributed by atoms with Gasteiger partial charge in [-0.25, -0.2) is 4.39 Å². The van der Waals surface area contributed by atoms with Gasteiger partial charge in [-0.1, -0.05) is 19.8 Å². The van der Waals surface area contributed by atoms with Crippen molar-refractivity contribution >= 4 is 0 Å². The summed E-state index contributed by atoms with van der Waals surface area (Å²) in [6.07, 6.45) is 7.87. The average molecular weight is 184 g/mol. The fourth-order valence-electron chi connectivity index (χ4n) is 2.76. The minimum Gasteiger partial charge on any atom is -0.247 e. The molecule has 0 bridgehead atoms. The predicted octanol–water partition coefficient (Wildman–Crippen LogP) is 3.95. The third-order valence-electron chi connectivity index (χ3n) is 3.92. The van der Waals surface area contributed by atoms with Gasteiger partial charge in [-0.2, -0.15) is 0 Å². The SMILES string of the molecule is CC(CC1CCCCC1F)C1CC1. The summed E-state index contributed by atoms with van der Waals surface area (Å²) in [4.78, 5) is 0. The molecule has 0 aromatic carbocycles. The molecule has 13 heavy (non-hydrogen) atoms. The Kier molecular flexibility index (Phi) is 2.90. The quantitative estimate of drug-likeness (QED) is 0.623. The van der Waals surface area contributed by atoms with Crippen LogP contribution in [-0.4, -0.2) is 6.17 Å². The van der Waals surface area contributed by atoms with E-state index < -0.39 is 6.17 Å². The van der Waals surface area contributed by atoms with Crippen molar-refractivity contribution in [1.29, 1.82) is 0 Å². The molecule has 0 radical (unpaired) electrons. The Morgan fingerprint density at radius 3 is 2.46 bits per heavy atom. The molecule has 0 aromatic heterocycles. The summed E-state index contributed by atoms with van der Waals surface area (Å²) in [7, 11) is 0. The van der Waals surface area contributed by atoms with E-state index in [1.807, 2.05) is 0 Å². The summed E-state index contributed by atoms with van der Waals surface area (Å²) in [5.41, 5.74) is 0. The van der Waals surface area contributed by atoms with Crippen LogP contribution in [0.1, 0.15) is 51.9 Å². The van der Waals surface area contributed by atoms with E-state index in [4.69, 9.17) is 0 Å². The second kappa shape index (κ2) is 3.98. The molecule has 3 atom stereocenters. The maximum atomic E-state index is 13.5. The van der Waals surface area contributed by atoms with E-state index in [0.29, 0.717) is 5.92 Å². The number of halogens is 1. The smallest absolute Gasteiger partial charge is 0.103 e. The van der Waals surface area contributed by atoms with E-state index in [9.17, 15) is 4.39 Å². The molecule has 0 N–H and O–H groups in total. The van der Waals surface area contributed by atoms with Crippen LogP contribution in [0.3, 0.4) is 0 Å². The lowest BCUT2D eigenvalue weighted by Crippen LogP contribution is -2.23. The highest BCUT2D eigenvalue weighted by Crippen LogP contribution is 2.42. The van der Waals surface area contributed by atoms with Gasteiger partial charge in [-0.05, 0) is 49.9 Å². The van der Waals surface area contributed by atoms with Gasteiger partial charge in [-0.15, -0.1) is 0 Å². The van der Waals surface area contributed by atoms with Crippen molar-refractivity contribution in [3.05, 3.63) is 0 Å². The molecule has 2 saturated carbocycles. The third kappa shape index (κ3) is 2.45. The van der Waals surface area contributed by atoms with Gasteiger partial charge < -0.3 is 0 Å². The number of hydrogen-bond donors (Lipinski definition) is 0. The fourth-order valence-corrected chi connectivity index (χ4v) is 2.76. The Morgan fingerprint density at radius 1 is 1.15 bits per heavy atom. The van der Waals surface area contributed by atoms with Crippen molar-refractivity contribution in [2.24, 2.45) is 17.8 Å². The van der Waals surface area contributed by atoms with Crippen LogP contribution in [0.2, 0.25) is 0 Å². The Morgan fingerprint density at radius 2 is 1.85 bits per heavy atom. The highest BCUT2D eigenvalue weighted by molar-refractivity contribution is 4.83. The Bertz CT molecular complexity index is 163. The Labute approximate surface area is 80.9 Å². The van der Waals surface area contributed by atoms with Gasteiger partial charge in [0.2, 0.25) is 0 Å². The topological polar surface area (TPSA) is 0 Å². The zero-order valence-electron chi connectivity index (χ0n) is 8.64. The van der Waals surface area contributed by atoms with Crippen LogP contribution in [0.5, 0.6) is 0 Å². The van der Waals surface area contributed by atoms with Crippen LogP contribution in [0.25, 0.3) is 0 Å². The first-order valence-corrected chi connectivity index (χ1v) is 5.91. The number of hydrogen-bond acceptors (Lipinski definition) is 0. The monoisotopic (exact) mass is 184 g/mol. The zero-order chi connectivity index (χ0) is 9.26. The predicted molar refractivity (Wildman–Crippen MR) is 53.4 cm³/mol. The van der Waals surface area contributed by atoms with Gasteiger partial charge >= 0.3 is 0 Å². The highest BCUT2D eigenvalue weighted by Gasteiger charge is 2.32. The van der Waals surface area contributed by atoms with Gasteiger partial charge in [0.05, 0.1) is 0 Å². The summed E-state index contributed by atoms with van der Waals surface area (Å²) >= 11 is 0. The minimum absolute atomic E-state index is 0.407. The van der Waals surface area contributed by atoms with Crippen LogP contribution in [0.4, 0.5) is 4.39 Å². The summed E-state index contributed by atoms with van der Waals surface area (Å²) in [5.74, 6) is 2.15. The molecule has 0 aromatic rings. The summed E-state index contributed by atoms with van der Waals surface area (Å²) in [6, 6.07) is 0. The molecule has 3 unspecified atom stereocenters. The van der Waals surface area contributed by atoms with E-state index >= 15 is 0 Å². The third-order valence-corrected chi connectivity index (χ3v) is 3.92. The van der Waals surface area contributed by atoms with Crippen molar-refractivity contribution in [2.75, 3.05) is 0 Å². The molecular weight excluding hydrogens is 163 g/mol. The maximum Gasteiger partial charge on any atom is 0.103 e. The van der Waals surface area contributed by atoms with Crippen molar-refractivity contribution in [3.8, 4) is 0 Å². The van der Waals surface area contributed by atoms with E-state index in [1.54, 1.807) is 0 Å². The molecule has 0 spiro atoms. The van der Waals surface area contributed by atoms with Gasteiger partial charge in [0.1, 0.15) is 6.17 Å². The van der Waals surface area contributed by atoms with Crippen molar-refractivity contribution in [1.82, 2.24) is 0 Å². The first-order chi connectivity index (χ1) is 6.27. The first-order valence-electron chi connectivity index (χ1n) is 5.91. The van der Waals surface area contributed by atoms with Gasteiger partial charge in [0.25, 0.3) is 0 Å². The van der Waals surface area contributed by atoms with E-state index in [2.05, 4.69) is 6.92 Å². The second-order valence-corrected chi connectivity index (χ2v) is 5.11. The molecule has 0 amide bonds. The molecule has 76 valence electrons. The van der Waals surface area contributed by atoms with Crippen LogP contribution < -0.4 is 0 Å². The molecule has 1 heteroatoms. The summed E-state index contributed by atoms with van der Waals surface area (Å²) < 4.78 is 13.5. The number of rotatable bonds is 3. The molecule has 2 rings (SSSR count). The maximum absolute atomic E-state index is 13.5. The highest BCUT2D eigenvalue weighted by atomic mass is 19.1. The Balaban J connectivity index is 1.77. The minimum atomic E-state index is -0.477. The first kappa shape index (κ1) is 9.48.